The highest BCUT2D eigenvalue weighted by atomic mass is 15.1. The number of aromatic nitrogens is 4. The van der Waals surface area contributed by atoms with Crippen LogP contribution in [-0.2, 0) is 0 Å². The van der Waals surface area contributed by atoms with Crippen molar-refractivity contribution in [3.8, 4) is 106 Å². The van der Waals surface area contributed by atoms with E-state index in [9.17, 15) is 0 Å². The average molecular weight is 1070 g/mol. The summed E-state index contributed by atoms with van der Waals surface area (Å²) in [5.74, 6) is 1.46. The quantitative estimate of drug-likeness (QED) is 0.152. The zero-order valence-electron chi connectivity index (χ0n) is 45.4. The first kappa shape index (κ1) is 46.6. The molecular formula is C79H47N5. The molecule has 388 valence electrons. The van der Waals surface area contributed by atoms with E-state index >= 15 is 0 Å². The fraction of sp³-hybridized carbons (Fsp3) is 0.0127. The van der Waals surface area contributed by atoms with Gasteiger partial charge in [-0.3, -0.25) is 9.56 Å². The maximum absolute atomic E-state index is 5.84. The van der Waals surface area contributed by atoms with Crippen molar-refractivity contribution in [2.75, 3.05) is 0 Å². The van der Waals surface area contributed by atoms with Crippen LogP contribution in [0.1, 0.15) is 22.6 Å². The topological polar surface area (TPSA) is 56.0 Å². The van der Waals surface area contributed by atoms with Crippen LogP contribution in [0.5, 0.6) is 0 Å². The molecule has 0 radical (unpaired) electrons. The molecule has 0 amide bonds. The predicted molar refractivity (Wildman–Crippen MR) is 346 cm³/mol. The summed E-state index contributed by atoms with van der Waals surface area (Å²) in [6.07, 6.45) is 0. The van der Waals surface area contributed by atoms with E-state index in [1.807, 2.05) is 0 Å². The fourth-order valence-electron chi connectivity index (χ4n) is 14.1. The van der Waals surface area contributed by atoms with Gasteiger partial charge in [-0.1, -0.05) is 237 Å². The van der Waals surface area contributed by atoms with Crippen molar-refractivity contribution in [3.05, 3.63) is 296 Å². The third-order valence-electron chi connectivity index (χ3n) is 17.8. The molecule has 3 aliphatic rings. The van der Waals surface area contributed by atoms with Gasteiger partial charge in [0.1, 0.15) is 5.82 Å². The summed E-state index contributed by atoms with van der Waals surface area (Å²) in [6.45, 7) is 0. The van der Waals surface area contributed by atoms with Crippen LogP contribution in [0.25, 0.3) is 150 Å². The van der Waals surface area contributed by atoms with Crippen LogP contribution in [0.15, 0.2) is 284 Å². The second-order valence-corrected chi connectivity index (χ2v) is 22.3. The minimum Gasteiger partial charge on any atom is -0.292 e. The highest BCUT2D eigenvalue weighted by Crippen LogP contribution is 2.53. The number of nitrogens with zero attached hydrogens (tertiary/aromatic N) is 5. The molecule has 0 saturated heterocycles. The molecule has 2 aliphatic carbocycles. The van der Waals surface area contributed by atoms with Gasteiger partial charge in [0.05, 0.1) is 39.6 Å². The number of rotatable bonds is 8. The lowest BCUT2D eigenvalue weighted by molar-refractivity contribution is 1.10. The summed E-state index contributed by atoms with van der Waals surface area (Å²) >= 11 is 0. The molecular weight excluding hydrogens is 1020 g/mol. The molecule has 1 aliphatic heterocycles. The van der Waals surface area contributed by atoms with E-state index < -0.39 is 0 Å². The first-order chi connectivity index (χ1) is 41.7. The van der Waals surface area contributed by atoms with Crippen LogP contribution in [-0.4, -0.2) is 25.2 Å². The third kappa shape index (κ3) is 6.96. The molecule has 0 fully saturated rings. The highest BCUT2D eigenvalue weighted by Gasteiger charge is 2.32. The molecule has 84 heavy (non-hydrogen) atoms. The van der Waals surface area contributed by atoms with Crippen LogP contribution in [0.3, 0.4) is 0 Å². The average Bonchev–Trinajstić information content (AvgIpc) is 2.18. The van der Waals surface area contributed by atoms with Crippen LogP contribution in [0, 0.1) is 0 Å². The molecule has 1 unspecified atom stereocenters. The van der Waals surface area contributed by atoms with Crippen molar-refractivity contribution in [1.29, 1.82) is 0 Å². The molecule has 1 atom stereocenters. The van der Waals surface area contributed by atoms with Gasteiger partial charge in [-0.05, 0) is 142 Å². The maximum atomic E-state index is 5.84. The largest absolute Gasteiger partial charge is 0.292 e. The van der Waals surface area contributed by atoms with Crippen molar-refractivity contribution in [3.63, 3.8) is 0 Å². The van der Waals surface area contributed by atoms with Crippen LogP contribution >= 0.6 is 0 Å². The number of aliphatic imine (C=N–C) groups is 1. The molecule has 3 heterocycles. The van der Waals surface area contributed by atoms with E-state index in [1.54, 1.807) is 0 Å². The Kier molecular flexibility index (Phi) is 10.1. The zero-order valence-corrected chi connectivity index (χ0v) is 45.4. The number of imidazole rings is 1. The molecule has 0 saturated carbocycles. The number of para-hydroxylation sites is 1. The van der Waals surface area contributed by atoms with Crippen molar-refractivity contribution in [1.82, 2.24) is 19.5 Å². The molecule has 18 rings (SSSR count). The zero-order chi connectivity index (χ0) is 55.0. The molecule has 5 nitrogen and oxygen atoms in total. The van der Waals surface area contributed by atoms with Gasteiger partial charge in [-0.15, -0.1) is 0 Å². The van der Waals surface area contributed by atoms with Crippen molar-refractivity contribution in [2.24, 2.45) is 4.99 Å². The van der Waals surface area contributed by atoms with Gasteiger partial charge in [0.25, 0.3) is 0 Å². The van der Waals surface area contributed by atoms with Gasteiger partial charge in [0.2, 0.25) is 0 Å². The maximum Gasteiger partial charge on any atom is 0.160 e. The number of hydrogen-bond donors (Lipinski definition) is 0. The smallest absolute Gasteiger partial charge is 0.160 e. The van der Waals surface area contributed by atoms with Crippen molar-refractivity contribution >= 4 is 54.9 Å². The van der Waals surface area contributed by atoms with Gasteiger partial charge in [0, 0.05) is 33.3 Å². The summed E-state index contributed by atoms with van der Waals surface area (Å²) in [5.41, 5.74) is 27.4. The van der Waals surface area contributed by atoms with Crippen molar-refractivity contribution < 1.29 is 0 Å². The Bertz CT molecular complexity index is 5240. The SMILES string of the molecule is c1ccc(C2=Nc3cc(-c4nc(-c5ccc6c(c5)nc(-c5ccccc5)n6-c5ccccc5)c5cc(-c6ccc7c8c(cccc68)-c6ccccc6-7)cc(-c6ccc7c8c(cccc68)-c6ccccc6-7)c5n4)ccc3C2c2ccccc2)cc1. The van der Waals surface area contributed by atoms with Gasteiger partial charge in [-0.2, -0.15) is 0 Å². The summed E-state index contributed by atoms with van der Waals surface area (Å²) < 4.78 is 2.27. The Hall–Kier alpha value is -11.1. The minimum absolute atomic E-state index is 0.0334. The number of fused-ring (bicyclic) bond motifs is 9. The number of hydrogen-bond acceptors (Lipinski definition) is 4. The minimum atomic E-state index is -0.0334. The molecule has 15 aromatic rings. The second-order valence-electron chi connectivity index (χ2n) is 22.3. The van der Waals surface area contributed by atoms with E-state index in [0.29, 0.717) is 5.82 Å². The third-order valence-corrected chi connectivity index (χ3v) is 17.8. The molecule has 0 bridgehead atoms. The van der Waals surface area contributed by atoms with Gasteiger partial charge in [-0.25, -0.2) is 15.0 Å². The normalized spacial score (nSPS) is 13.4. The number of benzene rings is 13. The van der Waals surface area contributed by atoms with E-state index in [4.69, 9.17) is 19.9 Å². The summed E-state index contributed by atoms with van der Waals surface area (Å²) in [5, 5.41) is 5.89. The highest BCUT2D eigenvalue weighted by molar-refractivity contribution is 6.22. The monoisotopic (exact) mass is 1070 g/mol. The summed E-state index contributed by atoms with van der Waals surface area (Å²) in [6, 6.07) is 101. The molecule has 13 aromatic carbocycles. The second kappa shape index (κ2) is 18.2. The molecule has 0 spiro atoms. The van der Waals surface area contributed by atoms with Crippen LogP contribution < -0.4 is 0 Å². The van der Waals surface area contributed by atoms with E-state index in [2.05, 4.69) is 284 Å². The van der Waals surface area contributed by atoms with Crippen molar-refractivity contribution in [2.45, 2.75) is 5.92 Å². The van der Waals surface area contributed by atoms with Gasteiger partial charge < -0.3 is 0 Å². The lowest BCUT2D eigenvalue weighted by Crippen LogP contribution is -2.11. The lowest BCUT2D eigenvalue weighted by Gasteiger charge is -2.18. The van der Waals surface area contributed by atoms with E-state index in [1.165, 1.54) is 71.6 Å². The predicted octanol–water partition coefficient (Wildman–Crippen LogP) is 20.2. The van der Waals surface area contributed by atoms with Gasteiger partial charge >= 0.3 is 0 Å². The Morgan fingerprint density at radius 3 is 1.54 bits per heavy atom. The molecule has 5 heteroatoms. The van der Waals surface area contributed by atoms with Crippen LogP contribution in [0.4, 0.5) is 5.69 Å². The van der Waals surface area contributed by atoms with E-state index in [-0.39, 0.29) is 5.92 Å². The Balaban J connectivity index is 0.929. The van der Waals surface area contributed by atoms with Crippen LogP contribution in [0.2, 0.25) is 0 Å². The van der Waals surface area contributed by atoms with Gasteiger partial charge in [0.15, 0.2) is 5.82 Å². The van der Waals surface area contributed by atoms with E-state index in [0.717, 1.165) is 101 Å². The Labute approximate surface area is 484 Å². The standard InChI is InChI=1S/C79H47N5/c1-5-19-47(20-6-1)72-66-37-35-51(46-69(66)80-76(72)48-21-7-2-8-22-48)78-82-75(50-36-42-71-70(45-50)81-79(49-23-9-3-10-24-49)84(71)53-25-11-4-12-26-53)68-44-52(54-38-40-64-57-29-15-13-27-55(57)61-32-17-31-60(54)73(61)64)43-67(77(68)83-78)59-39-41-65-58-30-16-14-28-56(58)62-33-18-34-63(59)74(62)65/h1-46,72H. The first-order valence-corrected chi connectivity index (χ1v) is 28.8. The first-order valence-electron chi connectivity index (χ1n) is 28.8. The molecule has 2 aromatic heterocycles. The summed E-state index contributed by atoms with van der Waals surface area (Å²) in [7, 11) is 0. The Morgan fingerprint density at radius 2 is 0.869 bits per heavy atom. The summed E-state index contributed by atoms with van der Waals surface area (Å²) in [4.78, 5) is 22.6. The molecule has 0 N–H and O–H groups in total. The Morgan fingerprint density at radius 1 is 0.321 bits per heavy atom. The lowest BCUT2D eigenvalue weighted by atomic mass is 9.85. The fourth-order valence-corrected chi connectivity index (χ4v) is 14.1.